The first-order valence-electron chi connectivity index (χ1n) is 6.02. The predicted molar refractivity (Wildman–Crippen MR) is 66.9 cm³/mol. The number of aliphatic hydroxyl groups excluding tert-OH is 1. The second-order valence-corrected chi connectivity index (χ2v) is 3.86. The van der Waals surface area contributed by atoms with Gasteiger partial charge in [0.2, 0.25) is 0 Å². The summed E-state index contributed by atoms with van der Waals surface area (Å²) in [6, 6.07) is 5.37. The van der Waals surface area contributed by atoms with Gasteiger partial charge in [-0.15, -0.1) is 0 Å². The van der Waals surface area contributed by atoms with Crippen LogP contribution in [0.15, 0.2) is 22.7 Å². The van der Waals surface area contributed by atoms with Gasteiger partial charge in [-0.2, -0.15) is 4.98 Å². The molecule has 0 unspecified atom stereocenters. The Morgan fingerprint density at radius 1 is 1.32 bits per heavy atom. The number of hydrogen-bond donors (Lipinski definition) is 1. The zero-order chi connectivity index (χ0) is 13.7. The molecule has 1 N–H and O–H groups in total. The first-order chi connectivity index (χ1) is 9.24. The third-order valence-electron chi connectivity index (χ3n) is 2.44. The molecular weight excluding hydrogens is 248 g/mol. The monoisotopic (exact) mass is 264 g/mol. The average Bonchev–Trinajstić information content (AvgIpc) is 2.83. The largest absolute Gasteiger partial charge is 0.490 e. The van der Waals surface area contributed by atoms with E-state index in [9.17, 15) is 5.11 Å². The van der Waals surface area contributed by atoms with Gasteiger partial charge in [0.05, 0.1) is 13.2 Å². The minimum atomic E-state index is -0.126. The lowest BCUT2D eigenvalue weighted by atomic mass is 10.2. The molecule has 0 saturated carbocycles. The minimum absolute atomic E-state index is 0.126. The molecule has 0 amide bonds. The van der Waals surface area contributed by atoms with Crippen molar-refractivity contribution in [2.24, 2.45) is 0 Å². The lowest BCUT2D eigenvalue weighted by molar-refractivity contribution is 0.215. The summed E-state index contributed by atoms with van der Waals surface area (Å²) in [7, 11) is 0. The Morgan fingerprint density at radius 2 is 2.16 bits per heavy atom. The first-order valence-corrected chi connectivity index (χ1v) is 6.02. The van der Waals surface area contributed by atoms with Crippen molar-refractivity contribution in [1.29, 1.82) is 0 Å². The van der Waals surface area contributed by atoms with Crippen molar-refractivity contribution >= 4 is 0 Å². The average molecular weight is 264 g/mol. The third kappa shape index (κ3) is 3.23. The molecule has 0 aliphatic rings. The number of hydrogen-bond acceptors (Lipinski definition) is 6. The quantitative estimate of drug-likeness (QED) is 0.857. The van der Waals surface area contributed by atoms with E-state index in [0.29, 0.717) is 35.4 Å². The van der Waals surface area contributed by atoms with Crippen LogP contribution in [0.2, 0.25) is 0 Å². The summed E-state index contributed by atoms with van der Waals surface area (Å²) in [5, 5.41) is 13.0. The topological polar surface area (TPSA) is 77.6 Å². The Balaban J connectivity index is 2.17. The highest BCUT2D eigenvalue weighted by molar-refractivity contribution is 5.46. The van der Waals surface area contributed by atoms with Crippen LogP contribution in [0.3, 0.4) is 0 Å². The molecule has 0 saturated heterocycles. The SMILES string of the molecule is CCOc1cccc(CO)c1OCc1nc(C)no1. The number of nitrogens with zero attached hydrogens (tertiary/aromatic N) is 2. The highest BCUT2D eigenvalue weighted by atomic mass is 16.5. The maximum atomic E-state index is 9.33. The van der Waals surface area contributed by atoms with Gasteiger partial charge < -0.3 is 19.1 Å². The van der Waals surface area contributed by atoms with Crippen LogP contribution in [0.1, 0.15) is 24.2 Å². The minimum Gasteiger partial charge on any atom is -0.490 e. The number of rotatable bonds is 6. The molecule has 1 aromatic carbocycles. The van der Waals surface area contributed by atoms with Gasteiger partial charge in [-0.05, 0) is 19.9 Å². The van der Waals surface area contributed by atoms with Gasteiger partial charge in [-0.1, -0.05) is 17.3 Å². The fraction of sp³-hybridized carbons (Fsp3) is 0.385. The van der Waals surface area contributed by atoms with E-state index in [4.69, 9.17) is 14.0 Å². The zero-order valence-corrected chi connectivity index (χ0v) is 10.9. The molecule has 0 radical (unpaired) electrons. The van der Waals surface area contributed by atoms with Crippen molar-refractivity contribution in [3.8, 4) is 11.5 Å². The maximum Gasteiger partial charge on any atom is 0.264 e. The molecule has 0 fully saturated rings. The summed E-state index contributed by atoms with van der Waals surface area (Å²) < 4.78 is 16.1. The van der Waals surface area contributed by atoms with Gasteiger partial charge in [-0.3, -0.25) is 0 Å². The van der Waals surface area contributed by atoms with Crippen molar-refractivity contribution in [1.82, 2.24) is 10.1 Å². The van der Waals surface area contributed by atoms with Gasteiger partial charge in [0, 0.05) is 5.56 Å². The van der Waals surface area contributed by atoms with Crippen molar-refractivity contribution < 1.29 is 19.1 Å². The smallest absolute Gasteiger partial charge is 0.264 e. The van der Waals surface area contributed by atoms with Crippen LogP contribution in [0.4, 0.5) is 0 Å². The van der Waals surface area contributed by atoms with E-state index < -0.39 is 0 Å². The molecule has 1 heterocycles. The van der Waals surface area contributed by atoms with Crippen LogP contribution < -0.4 is 9.47 Å². The molecule has 19 heavy (non-hydrogen) atoms. The fourth-order valence-corrected chi connectivity index (χ4v) is 1.65. The molecule has 2 aromatic rings. The van der Waals surface area contributed by atoms with E-state index in [1.807, 2.05) is 6.92 Å². The number of aliphatic hydroxyl groups is 1. The first kappa shape index (κ1) is 13.4. The number of para-hydroxylation sites is 1. The summed E-state index contributed by atoms with van der Waals surface area (Å²) in [5.41, 5.74) is 0.655. The van der Waals surface area contributed by atoms with Crippen LogP contribution in [-0.2, 0) is 13.2 Å². The Bertz CT molecular complexity index is 539. The van der Waals surface area contributed by atoms with Gasteiger partial charge in [0.15, 0.2) is 23.9 Å². The summed E-state index contributed by atoms with van der Waals surface area (Å²) in [6.07, 6.45) is 0. The van der Waals surface area contributed by atoms with Gasteiger partial charge >= 0.3 is 0 Å². The molecule has 0 atom stereocenters. The highest BCUT2D eigenvalue weighted by Crippen LogP contribution is 2.32. The van der Waals surface area contributed by atoms with Gasteiger partial charge in [0.1, 0.15) is 0 Å². The molecule has 0 aliphatic carbocycles. The normalized spacial score (nSPS) is 10.5. The molecule has 1 aromatic heterocycles. The summed E-state index contributed by atoms with van der Waals surface area (Å²) in [4.78, 5) is 4.05. The summed E-state index contributed by atoms with van der Waals surface area (Å²) >= 11 is 0. The molecule has 6 heteroatoms. The predicted octanol–water partition coefficient (Wildman–Crippen LogP) is 1.85. The summed E-state index contributed by atoms with van der Waals surface area (Å²) in [6.45, 7) is 4.15. The van der Waals surface area contributed by atoms with E-state index in [2.05, 4.69) is 10.1 Å². The summed E-state index contributed by atoms with van der Waals surface area (Å²) in [5.74, 6) is 2.03. The Kier molecular flexibility index (Phi) is 4.35. The fourth-order valence-electron chi connectivity index (χ4n) is 1.65. The Morgan fingerprint density at radius 3 is 2.79 bits per heavy atom. The second kappa shape index (κ2) is 6.19. The van der Waals surface area contributed by atoms with Crippen molar-refractivity contribution in [3.63, 3.8) is 0 Å². The molecule has 0 aliphatic heterocycles. The van der Waals surface area contributed by atoms with E-state index in [-0.39, 0.29) is 13.2 Å². The Hall–Kier alpha value is -2.08. The maximum absolute atomic E-state index is 9.33. The molecule has 102 valence electrons. The molecule has 0 spiro atoms. The number of benzene rings is 1. The van der Waals surface area contributed by atoms with Crippen LogP contribution in [-0.4, -0.2) is 21.9 Å². The molecular formula is C13H16N2O4. The van der Waals surface area contributed by atoms with Crippen LogP contribution >= 0.6 is 0 Å². The van der Waals surface area contributed by atoms with E-state index in [0.717, 1.165) is 0 Å². The van der Waals surface area contributed by atoms with Crippen molar-refractivity contribution in [2.75, 3.05) is 6.61 Å². The van der Waals surface area contributed by atoms with Crippen LogP contribution in [0.25, 0.3) is 0 Å². The number of ether oxygens (including phenoxy) is 2. The van der Waals surface area contributed by atoms with Gasteiger partial charge in [-0.25, -0.2) is 0 Å². The number of aromatic nitrogens is 2. The highest BCUT2D eigenvalue weighted by Gasteiger charge is 2.12. The second-order valence-electron chi connectivity index (χ2n) is 3.86. The van der Waals surface area contributed by atoms with E-state index >= 15 is 0 Å². The third-order valence-corrected chi connectivity index (χ3v) is 2.44. The van der Waals surface area contributed by atoms with E-state index in [1.54, 1.807) is 25.1 Å². The van der Waals surface area contributed by atoms with Crippen molar-refractivity contribution in [2.45, 2.75) is 27.1 Å². The van der Waals surface area contributed by atoms with Crippen molar-refractivity contribution in [3.05, 3.63) is 35.5 Å². The zero-order valence-electron chi connectivity index (χ0n) is 10.9. The van der Waals surface area contributed by atoms with Crippen LogP contribution in [0.5, 0.6) is 11.5 Å². The van der Waals surface area contributed by atoms with Crippen LogP contribution in [0, 0.1) is 6.92 Å². The molecule has 2 rings (SSSR count). The lowest BCUT2D eigenvalue weighted by Gasteiger charge is -2.13. The number of aryl methyl sites for hydroxylation is 1. The van der Waals surface area contributed by atoms with E-state index in [1.165, 1.54) is 0 Å². The van der Waals surface area contributed by atoms with Gasteiger partial charge in [0.25, 0.3) is 5.89 Å². The standard InChI is InChI=1S/C13H16N2O4/c1-3-17-11-6-4-5-10(7-16)13(11)18-8-12-14-9(2)15-19-12/h4-6,16H,3,7-8H2,1-2H3. The lowest BCUT2D eigenvalue weighted by Crippen LogP contribution is -2.03. The Labute approximate surface area is 111 Å². The molecule has 0 bridgehead atoms. The molecule has 6 nitrogen and oxygen atoms in total.